The number of nitrogens with one attached hydrogen (secondary N) is 1. The molecule has 0 aliphatic rings. The number of anilines is 1. The molecule has 5 nitrogen and oxygen atoms in total. The van der Waals surface area contributed by atoms with Gasteiger partial charge in [-0.25, -0.2) is 0 Å². The predicted octanol–water partition coefficient (Wildman–Crippen LogP) is 6.22. The molecule has 0 aliphatic carbocycles. The maximum absolute atomic E-state index is 12.8. The number of amides is 1. The molecule has 0 unspecified atom stereocenters. The lowest BCUT2D eigenvalue weighted by molar-refractivity contribution is 0.0998. The van der Waals surface area contributed by atoms with Crippen molar-refractivity contribution in [2.24, 2.45) is 0 Å². The van der Waals surface area contributed by atoms with Crippen molar-refractivity contribution < 1.29 is 18.7 Å². The largest absolute Gasteiger partial charge is 0.490 e. The number of carbonyl (C=O) groups excluding carboxylic acids is 1. The molecule has 0 aliphatic heterocycles. The minimum Gasteiger partial charge on any atom is -0.490 e. The first kappa shape index (κ1) is 20.1. The third-order valence-electron chi connectivity index (χ3n) is 4.23. The Balaban J connectivity index is 1.84. The van der Waals surface area contributed by atoms with E-state index in [1.807, 2.05) is 26.8 Å². The van der Waals surface area contributed by atoms with Crippen LogP contribution >= 0.6 is 11.6 Å². The predicted molar refractivity (Wildman–Crippen MR) is 112 cm³/mol. The standard InChI is InChI=1S/C22H24ClNO4/c1-4-10-26-19-9-7-16(13-20(19)27-11-5-2)24-22(25)21-14(3)17-12-15(23)6-8-18(17)28-21/h6-9,12-13H,4-5,10-11H2,1-3H3,(H,24,25). The van der Waals surface area contributed by atoms with Crippen LogP contribution in [0.3, 0.4) is 0 Å². The van der Waals surface area contributed by atoms with Crippen LogP contribution in [-0.2, 0) is 0 Å². The molecule has 0 atom stereocenters. The van der Waals surface area contributed by atoms with E-state index >= 15 is 0 Å². The number of aryl methyl sites for hydroxylation is 1. The lowest BCUT2D eigenvalue weighted by Gasteiger charge is -2.14. The molecule has 3 rings (SSSR count). The second-order valence-electron chi connectivity index (χ2n) is 6.51. The molecule has 148 valence electrons. The van der Waals surface area contributed by atoms with Crippen LogP contribution in [0.25, 0.3) is 11.0 Å². The summed E-state index contributed by atoms with van der Waals surface area (Å²) in [5, 5.41) is 4.30. The van der Waals surface area contributed by atoms with E-state index < -0.39 is 0 Å². The van der Waals surface area contributed by atoms with Crippen LogP contribution in [0.5, 0.6) is 11.5 Å². The third-order valence-corrected chi connectivity index (χ3v) is 4.46. The normalized spacial score (nSPS) is 10.9. The molecule has 1 amide bonds. The molecule has 28 heavy (non-hydrogen) atoms. The van der Waals surface area contributed by atoms with Gasteiger partial charge in [-0.05, 0) is 50.1 Å². The van der Waals surface area contributed by atoms with Gasteiger partial charge in [0.15, 0.2) is 17.3 Å². The average molecular weight is 402 g/mol. The molecule has 1 heterocycles. The zero-order chi connectivity index (χ0) is 20.1. The van der Waals surface area contributed by atoms with Crippen LogP contribution in [-0.4, -0.2) is 19.1 Å². The highest BCUT2D eigenvalue weighted by Crippen LogP contribution is 2.32. The topological polar surface area (TPSA) is 60.7 Å². The number of ether oxygens (including phenoxy) is 2. The highest BCUT2D eigenvalue weighted by atomic mass is 35.5. The number of hydrogen-bond donors (Lipinski definition) is 1. The van der Waals surface area contributed by atoms with Crippen LogP contribution in [0.2, 0.25) is 5.02 Å². The van der Waals surface area contributed by atoms with E-state index in [1.165, 1.54) is 0 Å². The number of furan rings is 1. The van der Waals surface area contributed by atoms with E-state index in [0.717, 1.165) is 23.8 Å². The Kier molecular flexibility index (Phi) is 6.47. The summed E-state index contributed by atoms with van der Waals surface area (Å²) in [4.78, 5) is 12.8. The Bertz CT molecular complexity index is 980. The highest BCUT2D eigenvalue weighted by Gasteiger charge is 2.19. The maximum Gasteiger partial charge on any atom is 0.291 e. The smallest absolute Gasteiger partial charge is 0.291 e. The minimum absolute atomic E-state index is 0.264. The number of carbonyl (C=O) groups is 1. The van der Waals surface area contributed by atoms with Gasteiger partial charge in [-0.15, -0.1) is 0 Å². The van der Waals surface area contributed by atoms with Crippen molar-refractivity contribution in [3.63, 3.8) is 0 Å². The van der Waals surface area contributed by atoms with Crippen molar-refractivity contribution in [1.29, 1.82) is 0 Å². The number of hydrogen-bond acceptors (Lipinski definition) is 4. The quantitative estimate of drug-likeness (QED) is 0.486. The summed E-state index contributed by atoms with van der Waals surface area (Å²) in [6.45, 7) is 7.10. The lowest BCUT2D eigenvalue weighted by atomic mass is 10.1. The molecule has 0 fully saturated rings. The average Bonchev–Trinajstić information content (AvgIpc) is 3.01. The molecule has 0 spiro atoms. The molecule has 6 heteroatoms. The van der Waals surface area contributed by atoms with E-state index in [1.54, 1.807) is 30.3 Å². The van der Waals surface area contributed by atoms with Crippen LogP contribution in [0.4, 0.5) is 5.69 Å². The van der Waals surface area contributed by atoms with Crippen molar-refractivity contribution >= 4 is 34.2 Å². The third kappa shape index (κ3) is 4.42. The molecule has 1 aromatic heterocycles. The monoisotopic (exact) mass is 401 g/mol. The Labute approximate surface area is 169 Å². The Morgan fingerprint density at radius 1 is 1.04 bits per heavy atom. The van der Waals surface area contributed by atoms with Gasteiger partial charge in [0.25, 0.3) is 5.91 Å². The highest BCUT2D eigenvalue weighted by molar-refractivity contribution is 6.31. The lowest BCUT2D eigenvalue weighted by Crippen LogP contribution is -2.12. The van der Waals surface area contributed by atoms with Crippen molar-refractivity contribution in [2.45, 2.75) is 33.6 Å². The van der Waals surface area contributed by atoms with Crippen molar-refractivity contribution in [2.75, 3.05) is 18.5 Å². The molecule has 2 aromatic carbocycles. The second kappa shape index (κ2) is 9.02. The SMILES string of the molecule is CCCOc1ccc(NC(=O)c2oc3ccc(Cl)cc3c2C)cc1OCCC. The summed E-state index contributed by atoms with van der Waals surface area (Å²) in [6.07, 6.45) is 1.78. The summed E-state index contributed by atoms with van der Waals surface area (Å²) in [5.74, 6) is 1.22. The summed E-state index contributed by atoms with van der Waals surface area (Å²) in [7, 11) is 0. The van der Waals surface area contributed by atoms with E-state index in [2.05, 4.69) is 5.32 Å². The van der Waals surface area contributed by atoms with Gasteiger partial charge >= 0.3 is 0 Å². The molecule has 0 radical (unpaired) electrons. The van der Waals surface area contributed by atoms with Gasteiger partial charge in [-0.2, -0.15) is 0 Å². The van der Waals surface area contributed by atoms with Gasteiger partial charge in [0, 0.05) is 27.7 Å². The van der Waals surface area contributed by atoms with Crippen LogP contribution < -0.4 is 14.8 Å². The van der Waals surface area contributed by atoms with Crippen LogP contribution in [0.1, 0.15) is 42.8 Å². The molecular weight excluding hydrogens is 378 g/mol. The number of fused-ring (bicyclic) bond motifs is 1. The summed E-state index contributed by atoms with van der Waals surface area (Å²) in [6, 6.07) is 10.7. The number of benzene rings is 2. The molecule has 1 N–H and O–H groups in total. The van der Waals surface area contributed by atoms with E-state index in [0.29, 0.717) is 41.0 Å². The van der Waals surface area contributed by atoms with E-state index in [4.69, 9.17) is 25.5 Å². The van der Waals surface area contributed by atoms with Gasteiger partial charge in [-0.3, -0.25) is 4.79 Å². The number of rotatable bonds is 8. The molecule has 0 saturated heterocycles. The Morgan fingerprint density at radius 3 is 2.46 bits per heavy atom. The van der Waals surface area contributed by atoms with Crippen molar-refractivity contribution in [3.05, 3.63) is 52.7 Å². The summed E-state index contributed by atoms with van der Waals surface area (Å²) < 4.78 is 17.2. The second-order valence-corrected chi connectivity index (χ2v) is 6.95. The molecule has 0 bridgehead atoms. The molecule has 3 aromatic rings. The first-order chi connectivity index (χ1) is 13.5. The Hall–Kier alpha value is -2.66. The molecular formula is C22H24ClNO4. The van der Waals surface area contributed by atoms with Gasteiger partial charge in [-0.1, -0.05) is 25.4 Å². The summed E-state index contributed by atoms with van der Waals surface area (Å²) in [5.41, 5.74) is 1.99. The van der Waals surface area contributed by atoms with Crippen LogP contribution in [0.15, 0.2) is 40.8 Å². The van der Waals surface area contributed by atoms with Gasteiger partial charge < -0.3 is 19.2 Å². The van der Waals surface area contributed by atoms with Crippen molar-refractivity contribution in [3.8, 4) is 11.5 Å². The minimum atomic E-state index is -0.325. The van der Waals surface area contributed by atoms with Gasteiger partial charge in [0.1, 0.15) is 5.58 Å². The first-order valence-corrected chi connectivity index (χ1v) is 9.81. The fourth-order valence-corrected chi connectivity index (χ4v) is 3.01. The summed E-state index contributed by atoms with van der Waals surface area (Å²) >= 11 is 6.05. The zero-order valence-corrected chi connectivity index (χ0v) is 17.1. The Morgan fingerprint density at radius 2 is 1.75 bits per heavy atom. The fraction of sp³-hybridized carbons (Fsp3) is 0.318. The fourth-order valence-electron chi connectivity index (χ4n) is 2.84. The van der Waals surface area contributed by atoms with E-state index in [-0.39, 0.29) is 11.7 Å². The van der Waals surface area contributed by atoms with Gasteiger partial charge in [0.05, 0.1) is 13.2 Å². The maximum atomic E-state index is 12.8. The first-order valence-electron chi connectivity index (χ1n) is 9.43. The van der Waals surface area contributed by atoms with Crippen molar-refractivity contribution in [1.82, 2.24) is 0 Å². The van der Waals surface area contributed by atoms with E-state index in [9.17, 15) is 4.79 Å². The zero-order valence-electron chi connectivity index (χ0n) is 16.3. The molecule has 0 saturated carbocycles. The van der Waals surface area contributed by atoms with Gasteiger partial charge in [0.2, 0.25) is 0 Å². The van der Waals surface area contributed by atoms with Crippen LogP contribution in [0, 0.1) is 6.92 Å². The number of halogens is 1.